The summed E-state index contributed by atoms with van der Waals surface area (Å²) in [5.74, 6) is -0.483. The van der Waals surface area contributed by atoms with Crippen LogP contribution in [0.4, 0.5) is 23.4 Å². The third-order valence-electron chi connectivity index (χ3n) is 3.63. The van der Waals surface area contributed by atoms with Gasteiger partial charge < -0.3 is 5.32 Å². The predicted molar refractivity (Wildman–Crippen MR) is 96.3 cm³/mol. The molecule has 0 saturated heterocycles. The van der Waals surface area contributed by atoms with E-state index >= 15 is 0 Å². The van der Waals surface area contributed by atoms with E-state index in [2.05, 4.69) is 31.3 Å². The van der Waals surface area contributed by atoms with Gasteiger partial charge in [-0.05, 0) is 51.8 Å². The number of alkyl halides is 3. The molecular weight excluding hydrogens is 460 g/mol. The predicted octanol–water partition coefficient (Wildman–Crippen LogP) is 5.84. The van der Waals surface area contributed by atoms with Gasteiger partial charge in [0.25, 0.3) is 0 Å². The number of rotatable bonds is 6. The first kappa shape index (κ1) is 19.4. The molecule has 3 rings (SSSR count). The lowest BCUT2D eigenvalue weighted by Gasteiger charge is -2.07. The largest absolute Gasteiger partial charge is 0.389 e. The van der Waals surface area contributed by atoms with Crippen LogP contribution in [0.1, 0.15) is 23.3 Å². The zero-order valence-corrected chi connectivity index (χ0v) is 16.2. The average Bonchev–Trinajstić information content (AvgIpc) is 3.14. The van der Waals surface area contributed by atoms with Gasteiger partial charge in [0.1, 0.15) is 10.1 Å². The maximum absolute atomic E-state index is 14.9. The highest BCUT2D eigenvalue weighted by Gasteiger charge is 2.28. The maximum atomic E-state index is 14.9. The minimum absolute atomic E-state index is 0.0415. The van der Waals surface area contributed by atoms with Crippen molar-refractivity contribution in [2.75, 3.05) is 5.32 Å². The maximum Gasteiger partial charge on any atom is 0.389 e. The number of aromatic nitrogens is 3. The molecule has 0 unspecified atom stereocenters. The summed E-state index contributed by atoms with van der Waals surface area (Å²) in [7, 11) is 0. The lowest BCUT2D eigenvalue weighted by molar-refractivity contribution is -0.135. The number of hydrogen-bond acceptors (Lipinski definition) is 4. The van der Waals surface area contributed by atoms with E-state index in [9.17, 15) is 17.6 Å². The number of hydrogen-bond donors (Lipinski definition) is 1. The molecule has 0 aliphatic carbocycles. The van der Waals surface area contributed by atoms with E-state index in [1.54, 1.807) is 0 Å². The second-order valence-electron chi connectivity index (χ2n) is 5.47. The summed E-state index contributed by atoms with van der Waals surface area (Å²) in [6, 6.07) is 3.79. The zero-order valence-electron chi connectivity index (χ0n) is 13.1. The van der Waals surface area contributed by atoms with E-state index in [4.69, 9.17) is 11.6 Å². The van der Waals surface area contributed by atoms with Gasteiger partial charge in [0.2, 0.25) is 5.28 Å². The Morgan fingerprint density at radius 3 is 2.77 bits per heavy atom. The molecule has 0 bridgehead atoms. The smallest absolute Gasteiger partial charge is 0.363 e. The van der Waals surface area contributed by atoms with Crippen LogP contribution >= 0.6 is 38.9 Å². The van der Waals surface area contributed by atoms with Crippen LogP contribution in [0.15, 0.2) is 22.1 Å². The van der Waals surface area contributed by atoms with E-state index in [1.807, 2.05) is 17.5 Å². The Hall–Kier alpha value is -1.39. The van der Waals surface area contributed by atoms with Gasteiger partial charge in [0.15, 0.2) is 11.6 Å². The molecule has 0 amide bonds. The van der Waals surface area contributed by atoms with E-state index in [0.717, 1.165) is 4.88 Å². The Morgan fingerprint density at radius 1 is 1.35 bits per heavy atom. The molecule has 0 aromatic carbocycles. The number of fused-ring (bicyclic) bond motifs is 1. The van der Waals surface area contributed by atoms with Gasteiger partial charge in [-0.3, -0.25) is 0 Å². The lowest BCUT2D eigenvalue weighted by atomic mass is 10.1. The number of nitrogens with zero attached hydrogens (tertiary/aromatic N) is 3. The Kier molecular flexibility index (Phi) is 5.73. The van der Waals surface area contributed by atoms with Crippen molar-refractivity contribution in [1.29, 1.82) is 0 Å². The molecule has 0 saturated carbocycles. The summed E-state index contributed by atoms with van der Waals surface area (Å²) in [4.78, 5) is 5.03. The highest BCUT2D eigenvalue weighted by Crippen LogP contribution is 2.33. The topological polar surface area (TPSA) is 42.2 Å². The van der Waals surface area contributed by atoms with Gasteiger partial charge in [-0.15, -0.1) is 16.4 Å². The third-order valence-corrected chi connectivity index (χ3v) is 5.48. The fourth-order valence-corrected chi connectivity index (χ4v) is 3.92. The molecule has 140 valence electrons. The van der Waals surface area contributed by atoms with Crippen molar-refractivity contribution in [3.8, 4) is 0 Å². The van der Waals surface area contributed by atoms with Gasteiger partial charge >= 0.3 is 6.18 Å². The molecular formula is C15H12BrClF4N4S. The lowest BCUT2D eigenvalue weighted by Crippen LogP contribution is -2.07. The van der Waals surface area contributed by atoms with Gasteiger partial charge in [-0.25, -0.2) is 8.91 Å². The minimum atomic E-state index is -4.28. The van der Waals surface area contributed by atoms with Crippen molar-refractivity contribution in [1.82, 2.24) is 14.6 Å². The number of halogens is 6. The molecule has 4 nitrogen and oxygen atoms in total. The van der Waals surface area contributed by atoms with Gasteiger partial charge in [-0.2, -0.15) is 18.2 Å². The normalized spacial score (nSPS) is 12.1. The molecule has 0 aliphatic heterocycles. The second kappa shape index (κ2) is 7.69. The van der Waals surface area contributed by atoms with E-state index in [1.165, 1.54) is 15.9 Å². The number of nitrogens with one attached hydrogen (secondary N) is 1. The first-order valence-electron chi connectivity index (χ1n) is 7.51. The molecule has 11 heteroatoms. The Balaban J connectivity index is 1.92. The number of thiophene rings is 1. The van der Waals surface area contributed by atoms with Gasteiger partial charge in [-0.1, -0.05) is 6.07 Å². The Morgan fingerprint density at radius 2 is 2.12 bits per heavy atom. The van der Waals surface area contributed by atoms with Crippen LogP contribution in [-0.4, -0.2) is 20.8 Å². The van der Waals surface area contributed by atoms with Crippen LogP contribution < -0.4 is 5.32 Å². The average molecular weight is 472 g/mol. The minimum Gasteiger partial charge on any atom is -0.363 e. The second-order valence-corrected chi connectivity index (χ2v) is 7.60. The molecule has 3 aromatic rings. The van der Waals surface area contributed by atoms with Crippen molar-refractivity contribution < 1.29 is 17.6 Å². The van der Waals surface area contributed by atoms with Crippen LogP contribution in [0.5, 0.6) is 0 Å². The summed E-state index contributed by atoms with van der Waals surface area (Å²) in [6.45, 7) is 0.409. The quantitative estimate of drug-likeness (QED) is 0.459. The molecule has 0 radical (unpaired) electrons. The van der Waals surface area contributed by atoms with Crippen LogP contribution in [0.2, 0.25) is 5.28 Å². The highest BCUT2D eigenvalue weighted by molar-refractivity contribution is 9.10. The molecule has 0 atom stereocenters. The molecule has 1 N–H and O–H groups in total. The Bertz CT molecular complexity index is 911. The Labute approximate surface area is 163 Å². The molecule has 3 aromatic heterocycles. The van der Waals surface area contributed by atoms with Crippen molar-refractivity contribution >= 4 is 50.2 Å². The molecule has 3 heterocycles. The van der Waals surface area contributed by atoms with Gasteiger partial charge in [0, 0.05) is 16.9 Å². The molecule has 0 aliphatic rings. The summed E-state index contributed by atoms with van der Waals surface area (Å²) < 4.78 is 53.4. The number of anilines is 1. The van der Waals surface area contributed by atoms with E-state index in [-0.39, 0.29) is 39.6 Å². The van der Waals surface area contributed by atoms with Crippen molar-refractivity contribution in [3.05, 3.63) is 43.7 Å². The zero-order chi connectivity index (χ0) is 18.9. The SMILES string of the molecule is Fc1c(CCCC(F)(F)F)c(Br)n2nc(Cl)nc(NCc3cccs3)c12. The first-order chi connectivity index (χ1) is 12.3. The van der Waals surface area contributed by atoms with Crippen LogP contribution in [0, 0.1) is 5.82 Å². The molecule has 26 heavy (non-hydrogen) atoms. The fourth-order valence-electron chi connectivity index (χ4n) is 2.49. The standard InChI is InChI=1S/C15H12BrClF4N4S/c16-12-9(4-1-5-15(19,20)21)10(18)11-13(23-14(17)24-25(11)12)22-7-8-3-2-6-26-8/h2-3,6H,1,4-5,7H2,(H,22,23,24). The first-order valence-corrected chi connectivity index (χ1v) is 9.56. The summed E-state index contributed by atoms with van der Waals surface area (Å²) in [5, 5.41) is 8.75. The highest BCUT2D eigenvalue weighted by atomic mass is 79.9. The van der Waals surface area contributed by atoms with Crippen molar-refractivity contribution in [2.24, 2.45) is 0 Å². The van der Waals surface area contributed by atoms with Crippen LogP contribution in [-0.2, 0) is 13.0 Å². The summed E-state index contributed by atoms with van der Waals surface area (Å²) in [6.07, 6.45) is -5.58. The van der Waals surface area contributed by atoms with Crippen LogP contribution in [0.3, 0.4) is 0 Å². The summed E-state index contributed by atoms with van der Waals surface area (Å²) >= 11 is 10.6. The summed E-state index contributed by atoms with van der Waals surface area (Å²) in [5.41, 5.74) is 0.157. The van der Waals surface area contributed by atoms with Crippen molar-refractivity contribution in [3.63, 3.8) is 0 Å². The van der Waals surface area contributed by atoms with E-state index < -0.39 is 18.4 Å². The monoisotopic (exact) mass is 470 g/mol. The molecule has 0 spiro atoms. The third kappa shape index (κ3) is 4.29. The fraction of sp³-hybridized carbons (Fsp3) is 0.333. The van der Waals surface area contributed by atoms with Crippen molar-refractivity contribution in [2.45, 2.75) is 32.0 Å². The molecule has 0 fully saturated rings. The van der Waals surface area contributed by atoms with E-state index in [0.29, 0.717) is 6.54 Å². The van der Waals surface area contributed by atoms with Gasteiger partial charge in [0.05, 0.1) is 6.54 Å². The van der Waals surface area contributed by atoms with Crippen LogP contribution in [0.25, 0.3) is 5.52 Å².